The Kier molecular flexibility index (Phi) is 4.91. The standard InChI is InChI=1S/C15H16F4N4O/c1-7(2)12(13-20-8(3)22-23-13)21-14(24)9-5-4-6-10(11(9)16)15(17,18)19/h4-7,12H,1-3H3,(H,21,24)(H,20,22,23). The summed E-state index contributed by atoms with van der Waals surface area (Å²) in [6.07, 6.45) is -4.88. The van der Waals surface area contributed by atoms with Gasteiger partial charge in [-0.25, -0.2) is 9.37 Å². The number of nitrogens with zero attached hydrogens (tertiary/aromatic N) is 2. The van der Waals surface area contributed by atoms with Crippen molar-refractivity contribution in [2.45, 2.75) is 33.0 Å². The van der Waals surface area contributed by atoms with Gasteiger partial charge in [0.1, 0.15) is 11.6 Å². The highest BCUT2D eigenvalue weighted by Crippen LogP contribution is 2.32. The van der Waals surface area contributed by atoms with E-state index in [0.29, 0.717) is 11.9 Å². The van der Waals surface area contributed by atoms with Gasteiger partial charge in [-0.15, -0.1) is 0 Å². The summed E-state index contributed by atoms with van der Waals surface area (Å²) in [5, 5.41) is 9.05. The second-order valence-corrected chi connectivity index (χ2v) is 5.64. The number of H-pyrrole nitrogens is 1. The van der Waals surface area contributed by atoms with Crippen LogP contribution in [-0.2, 0) is 6.18 Å². The summed E-state index contributed by atoms with van der Waals surface area (Å²) in [5.41, 5.74) is -2.16. The fourth-order valence-corrected chi connectivity index (χ4v) is 2.17. The molecule has 0 aliphatic heterocycles. The third-order valence-electron chi connectivity index (χ3n) is 3.39. The topological polar surface area (TPSA) is 70.7 Å². The second kappa shape index (κ2) is 6.58. The van der Waals surface area contributed by atoms with Crippen molar-refractivity contribution in [1.29, 1.82) is 0 Å². The lowest BCUT2D eigenvalue weighted by Gasteiger charge is -2.20. The van der Waals surface area contributed by atoms with Crippen LogP contribution in [0.15, 0.2) is 18.2 Å². The minimum atomic E-state index is -4.88. The summed E-state index contributed by atoms with van der Waals surface area (Å²) < 4.78 is 52.3. The van der Waals surface area contributed by atoms with Gasteiger partial charge in [0.05, 0.1) is 17.2 Å². The molecule has 1 aromatic heterocycles. The highest BCUT2D eigenvalue weighted by molar-refractivity contribution is 5.95. The molecule has 0 aliphatic rings. The van der Waals surface area contributed by atoms with Crippen molar-refractivity contribution < 1.29 is 22.4 Å². The minimum absolute atomic E-state index is 0.155. The van der Waals surface area contributed by atoms with Crippen molar-refractivity contribution >= 4 is 5.91 Å². The summed E-state index contributed by atoms with van der Waals surface area (Å²) in [4.78, 5) is 16.4. The number of benzene rings is 1. The van der Waals surface area contributed by atoms with Gasteiger partial charge < -0.3 is 5.32 Å². The smallest absolute Gasteiger partial charge is 0.342 e. The zero-order chi connectivity index (χ0) is 18.1. The first-order chi connectivity index (χ1) is 11.1. The first-order valence-electron chi connectivity index (χ1n) is 7.16. The number of aromatic nitrogens is 3. The fourth-order valence-electron chi connectivity index (χ4n) is 2.17. The number of nitrogens with one attached hydrogen (secondary N) is 2. The number of hydrogen-bond donors (Lipinski definition) is 2. The molecule has 1 atom stereocenters. The first-order valence-corrected chi connectivity index (χ1v) is 7.16. The van der Waals surface area contributed by atoms with Gasteiger partial charge in [0.25, 0.3) is 5.91 Å². The second-order valence-electron chi connectivity index (χ2n) is 5.64. The van der Waals surface area contributed by atoms with E-state index < -0.39 is 35.1 Å². The van der Waals surface area contributed by atoms with Gasteiger partial charge in [0.15, 0.2) is 5.82 Å². The molecule has 1 heterocycles. The zero-order valence-corrected chi connectivity index (χ0v) is 13.2. The van der Waals surface area contributed by atoms with E-state index in [2.05, 4.69) is 20.5 Å². The number of halogens is 4. The maximum atomic E-state index is 14.1. The van der Waals surface area contributed by atoms with E-state index in [1.807, 2.05) is 0 Å². The van der Waals surface area contributed by atoms with Crippen molar-refractivity contribution in [2.24, 2.45) is 5.92 Å². The highest BCUT2D eigenvalue weighted by atomic mass is 19.4. The van der Waals surface area contributed by atoms with Gasteiger partial charge in [0, 0.05) is 0 Å². The van der Waals surface area contributed by atoms with E-state index in [4.69, 9.17) is 0 Å². The molecule has 1 amide bonds. The Bertz CT molecular complexity index is 739. The van der Waals surface area contributed by atoms with Gasteiger partial charge >= 0.3 is 6.18 Å². The molecule has 0 spiro atoms. The van der Waals surface area contributed by atoms with Crippen LogP contribution in [0.3, 0.4) is 0 Å². The predicted molar refractivity (Wildman–Crippen MR) is 77.6 cm³/mol. The molecule has 5 nitrogen and oxygen atoms in total. The third-order valence-corrected chi connectivity index (χ3v) is 3.39. The Labute approximate surface area is 135 Å². The van der Waals surface area contributed by atoms with E-state index >= 15 is 0 Å². The summed E-state index contributed by atoms with van der Waals surface area (Å²) in [5.74, 6) is -1.91. The summed E-state index contributed by atoms with van der Waals surface area (Å²) in [7, 11) is 0. The molecular weight excluding hydrogens is 328 g/mol. The Morgan fingerprint density at radius 3 is 2.46 bits per heavy atom. The molecule has 0 saturated heterocycles. The normalized spacial score (nSPS) is 13.2. The SMILES string of the molecule is Cc1nc(C(NC(=O)c2cccc(C(F)(F)F)c2F)C(C)C)n[nH]1. The van der Waals surface area contributed by atoms with E-state index in [1.165, 1.54) is 0 Å². The van der Waals surface area contributed by atoms with Gasteiger partial charge in [-0.3, -0.25) is 9.89 Å². The van der Waals surface area contributed by atoms with Crippen molar-refractivity contribution in [3.63, 3.8) is 0 Å². The van der Waals surface area contributed by atoms with Crippen molar-refractivity contribution in [3.05, 3.63) is 46.8 Å². The molecule has 1 aromatic carbocycles. The number of hydrogen-bond acceptors (Lipinski definition) is 3. The molecule has 0 radical (unpaired) electrons. The van der Waals surface area contributed by atoms with Crippen LogP contribution in [-0.4, -0.2) is 21.1 Å². The number of carbonyl (C=O) groups excluding carboxylic acids is 1. The van der Waals surface area contributed by atoms with E-state index in [9.17, 15) is 22.4 Å². The molecule has 2 aromatic rings. The Morgan fingerprint density at radius 1 is 1.29 bits per heavy atom. The summed E-state index contributed by atoms with van der Waals surface area (Å²) in [6, 6.07) is 1.91. The Morgan fingerprint density at radius 2 is 1.96 bits per heavy atom. The minimum Gasteiger partial charge on any atom is -0.342 e. The molecule has 0 bridgehead atoms. The average molecular weight is 344 g/mol. The molecule has 24 heavy (non-hydrogen) atoms. The number of amides is 1. The van der Waals surface area contributed by atoms with Crippen LogP contribution in [0.1, 0.15) is 47.5 Å². The first kappa shape index (κ1) is 17.9. The largest absolute Gasteiger partial charge is 0.419 e. The number of carbonyl (C=O) groups is 1. The molecule has 130 valence electrons. The maximum absolute atomic E-state index is 14.1. The predicted octanol–water partition coefficient (Wildman–Crippen LogP) is 3.40. The number of alkyl halides is 3. The lowest BCUT2D eigenvalue weighted by atomic mass is 10.0. The zero-order valence-electron chi connectivity index (χ0n) is 13.2. The third kappa shape index (κ3) is 3.72. The summed E-state index contributed by atoms with van der Waals surface area (Å²) >= 11 is 0. The molecule has 2 rings (SSSR count). The average Bonchev–Trinajstić information content (AvgIpc) is 2.89. The van der Waals surface area contributed by atoms with Crippen LogP contribution in [0.4, 0.5) is 17.6 Å². The molecule has 1 unspecified atom stereocenters. The van der Waals surface area contributed by atoms with E-state index in [0.717, 1.165) is 12.1 Å². The van der Waals surface area contributed by atoms with Crippen LogP contribution in [0.5, 0.6) is 0 Å². The van der Waals surface area contributed by atoms with Crippen molar-refractivity contribution in [1.82, 2.24) is 20.5 Å². The van der Waals surface area contributed by atoms with Gasteiger partial charge in [-0.1, -0.05) is 19.9 Å². The van der Waals surface area contributed by atoms with E-state index in [1.54, 1.807) is 20.8 Å². The summed E-state index contributed by atoms with van der Waals surface area (Å²) in [6.45, 7) is 5.22. The quantitative estimate of drug-likeness (QED) is 0.835. The molecule has 0 aliphatic carbocycles. The van der Waals surface area contributed by atoms with Gasteiger partial charge in [0.2, 0.25) is 0 Å². The molecule has 0 fully saturated rings. The van der Waals surface area contributed by atoms with Crippen molar-refractivity contribution in [3.8, 4) is 0 Å². The Balaban J connectivity index is 2.32. The molecule has 0 saturated carbocycles. The van der Waals surface area contributed by atoms with Crippen LogP contribution in [0.2, 0.25) is 0 Å². The number of aromatic amines is 1. The van der Waals surface area contributed by atoms with Gasteiger partial charge in [-0.05, 0) is 25.0 Å². The molecular formula is C15H16F4N4O. The lowest BCUT2D eigenvalue weighted by molar-refractivity contribution is -0.140. The van der Waals surface area contributed by atoms with Crippen LogP contribution < -0.4 is 5.32 Å². The van der Waals surface area contributed by atoms with Gasteiger partial charge in [-0.2, -0.15) is 18.3 Å². The number of aryl methyl sites for hydroxylation is 1. The molecule has 9 heteroatoms. The van der Waals surface area contributed by atoms with E-state index in [-0.39, 0.29) is 11.7 Å². The fraction of sp³-hybridized carbons (Fsp3) is 0.400. The monoisotopic (exact) mass is 344 g/mol. The van der Waals surface area contributed by atoms with Crippen LogP contribution in [0, 0.1) is 18.7 Å². The molecule has 2 N–H and O–H groups in total. The maximum Gasteiger partial charge on any atom is 0.419 e. The lowest BCUT2D eigenvalue weighted by Crippen LogP contribution is -2.33. The number of rotatable bonds is 4. The van der Waals surface area contributed by atoms with Crippen LogP contribution >= 0.6 is 0 Å². The highest BCUT2D eigenvalue weighted by Gasteiger charge is 2.36. The van der Waals surface area contributed by atoms with Crippen LogP contribution in [0.25, 0.3) is 0 Å². The Hall–Kier alpha value is -2.45. The van der Waals surface area contributed by atoms with Crippen molar-refractivity contribution in [2.75, 3.05) is 0 Å².